The molecule has 8 nitrogen and oxygen atoms in total. The van der Waals surface area contributed by atoms with E-state index >= 15 is 0 Å². The smallest absolute Gasteiger partial charge is 0.327 e. The molecular formula is C21H46O8P2. The maximum absolute atomic E-state index is 9.20. The van der Waals surface area contributed by atoms with Gasteiger partial charge in [0.05, 0.1) is 31.8 Å². The third-order valence-electron chi connectivity index (χ3n) is 5.07. The molecule has 0 spiro atoms. The molecule has 188 valence electrons. The lowest BCUT2D eigenvalue weighted by molar-refractivity contribution is -0.0703. The van der Waals surface area contributed by atoms with Crippen molar-refractivity contribution in [3.8, 4) is 0 Å². The number of hydrogen-bond donors (Lipinski definition) is 4. The Hall–Kier alpha value is 0.540. The van der Waals surface area contributed by atoms with Gasteiger partial charge in [0, 0.05) is 13.2 Å². The lowest BCUT2D eigenvalue weighted by atomic mass is 9.92. The van der Waals surface area contributed by atoms with Crippen molar-refractivity contribution in [1.29, 1.82) is 0 Å². The van der Waals surface area contributed by atoms with E-state index in [0.717, 1.165) is 25.7 Å². The summed E-state index contributed by atoms with van der Waals surface area (Å²) in [5, 5.41) is 0. The Balaban J connectivity index is 4.51. The molecule has 0 aliphatic heterocycles. The van der Waals surface area contributed by atoms with Crippen LogP contribution in [0.15, 0.2) is 0 Å². The van der Waals surface area contributed by atoms with Gasteiger partial charge in [-0.05, 0) is 12.8 Å². The number of unbranched alkanes of at least 4 members (excludes halogenated alkanes) is 10. The van der Waals surface area contributed by atoms with Crippen LogP contribution in [0.2, 0.25) is 0 Å². The SMILES string of the molecule is CCCCCCCCOCC(COCCCCCCCC)(COP(O)O)COP(O)O. The van der Waals surface area contributed by atoms with Crippen LogP contribution in [0.5, 0.6) is 0 Å². The van der Waals surface area contributed by atoms with Gasteiger partial charge in [-0.2, -0.15) is 0 Å². The van der Waals surface area contributed by atoms with Gasteiger partial charge in [-0.15, -0.1) is 0 Å². The zero-order valence-corrected chi connectivity index (χ0v) is 21.3. The summed E-state index contributed by atoms with van der Waals surface area (Å²) in [5.41, 5.74) is -0.845. The van der Waals surface area contributed by atoms with Gasteiger partial charge >= 0.3 is 17.2 Å². The Morgan fingerprint density at radius 3 is 1.23 bits per heavy atom. The molecule has 0 aromatic heterocycles. The van der Waals surface area contributed by atoms with Crippen molar-refractivity contribution in [3.05, 3.63) is 0 Å². The van der Waals surface area contributed by atoms with Gasteiger partial charge in [0.1, 0.15) is 0 Å². The van der Waals surface area contributed by atoms with Gasteiger partial charge in [0.2, 0.25) is 0 Å². The average molecular weight is 489 g/mol. The highest BCUT2D eigenvalue weighted by Gasteiger charge is 2.34. The Kier molecular flexibility index (Phi) is 22.7. The third kappa shape index (κ3) is 20.9. The number of rotatable bonds is 24. The van der Waals surface area contributed by atoms with Crippen LogP contribution in [0.4, 0.5) is 0 Å². The quantitative estimate of drug-likeness (QED) is 0.108. The van der Waals surface area contributed by atoms with Crippen LogP contribution in [0.1, 0.15) is 90.9 Å². The van der Waals surface area contributed by atoms with E-state index in [1.54, 1.807) is 0 Å². The fourth-order valence-corrected chi connectivity index (χ4v) is 3.96. The van der Waals surface area contributed by atoms with E-state index in [2.05, 4.69) is 13.8 Å². The van der Waals surface area contributed by atoms with E-state index in [0.29, 0.717) is 13.2 Å². The Morgan fingerprint density at radius 2 is 0.871 bits per heavy atom. The molecule has 0 unspecified atom stereocenters. The molecule has 0 aromatic rings. The van der Waals surface area contributed by atoms with Crippen LogP contribution < -0.4 is 0 Å². The Bertz CT molecular complexity index is 341. The van der Waals surface area contributed by atoms with Crippen molar-refractivity contribution in [2.24, 2.45) is 5.41 Å². The molecule has 0 rings (SSSR count). The van der Waals surface area contributed by atoms with Gasteiger partial charge in [0.15, 0.2) is 0 Å². The highest BCUT2D eigenvalue weighted by Crippen LogP contribution is 2.34. The van der Waals surface area contributed by atoms with E-state index in [-0.39, 0.29) is 26.4 Å². The van der Waals surface area contributed by atoms with E-state index in [1.807, 2.05) is 0 Å². The zero-order chi connectivity index (χ0) is 23.2. The molecule has 4 N–H and O–H groups in total. The van der Waals surface area contributed by atoms with Crippen molar-refractivity contribution in [1.82, 2.24) is 0 Å². The molecule has 0 fully saturated rings. The fourth-order valence-electron chi connectivity index (χ4n) is 3.19. The predicted octanol–water partition coefficient (Wildman–Crippen LogP) is 5.18. The van der Waals surface area contributed by atoms with E-state index in [4.69, 9.17) is 18.5 Å². The summed E-state index contributed by atoms with van der Waals surface area (Å²) in [5.74, 6) is 0. The molecule has 0 saturated carbocycles. The Morgan fingerprint density at radius 1 is 0.516 bits per heavy atom. The van der Waals surface area contributed by atoms with Gasteiger partial charge in [-0.25, -0.2) is 0 Å². The first kappa shape index (κ1) is 31.5. The average Bonchev–Trinajstić information content (AvgIpc) is 2.74. The van der Waals surface area contributed by atoms with Crippen molar-refractivity contribution in [2.75, 3.05) is 39.6 Å². The second-order valence-electron chi connectivity index (χ2n) is 8.19. The molecular weight excluding hydrogens is 442 g/mol. The molecule has 0 radical (unpaired) electrons. The fraction of sp³-hybridized carbons (Fsp3) is 1.00. The minimum absolute atomic E-state index is 0.0676. The van der Waals surface area contributed by atoms with Gasteiger partial charge in [0.25, 0.3) is 0 Å². The zero-order valence-electron chi connectivity index (χ0n) is 19.5. The minimum atomic E-state index is -2.54. The minimum Gasteiger partial charge on any atom is -0.381 e. The molecule has 0 bridgehead atoms. The maximum Gasteiger partial charge on any atom is 0.327 e. The van der Waals surface area contributed by atoms with Crippen LogP contribution >= 0.6 is 17.2 Å². The molecule has 0 heterocycles. The summed E-state index contributed by atoms with van der Waals surface area (Å²) in [6.07, 6.45) is 13.9. The molecule has 0 amide bonds. The first-order valence-electron chi connectivity index (χ1n) is 11.7. The normalized spacial score (nSPS) is 12.4. The van der Waals surface area contributed by atoms with Crippen molar-refractivity contribution in [2.45, 2.75) is 90.9 Å². The molecule has 0 aromatic carbocycles. The number of ether oxygens (including phenoxy) is 2. The van der Waals surface area contributed by atoms with Gasteiger partial charge in [-0.1, -0.05) is 78.1 Å². The van der Waals surface area contributed by atoms with Crippen LogP contribution in [-0.4, -0.2) is 59.2 Å². The molecule has 0 aliphatic carbocycles. The third-order valence-corrected chi connectivity index (χ3v) is 5.79. The van der Waals surface area contributed by atoms with Gasteiger partial charge < -0.3 is 38.1 Å². The maximum atomic E-state index is 9.20. The molecule has 0 atom stereocenters. The summed E-state index contributed by atoms with van der Waals surface area (Å²) in [6, 6.07) is 0. The van der Waals surface area contributed by atoms with Crippen molar-refractivity contribution in [3.63, 3.8) is 0 Å². The molecule has 31 heavy (non-hydrogen) atoms. The topological polar surface area (TPSA) is 118 Å². The summed E-state index contributed by atoms with van der Waals surface area (Å²) >= 11 is 0. The number of hydrogen-bond acceptors (Lipinski definition) is 8. The van der Waals surface area contributed by atoms with E-state index in [9.17, 15) is 19.6 Å². The molecule has 0 aliphatic rings. The summed E-state index contributed by atoms with van der Waals surface area (Å²) < 4.78 is 21.8. The predicted molar refractivity (Wildman–Crippen MR) is 125 cm³/mol. The van der Waals surface area contributed by atoms with Gasteiger partial charge in [-0.3, -0.25) is 0 Å². The molecule has 0 saturated heterocycles. The van der Waals surface area contributed by atoms with E-state index < -0.39 is 22.6 Å². The van der Waals surface area contributed by atoms with Crippen LogP contribution in [0, 0.1) is 5.41 Å². The van der Waals surface area contributed by atoms with E-state index in [1.165, 1.54) is 51.4 Å². The lowest BCUT2D eigenvalue weighted by Crippen LogP contribution is -2.41. The standard InChI is InChI=1S/C21H46O8P2/c1-3-5-7-9-11-13-15-26-17-21(19-28-30(22)23,20-29-31(24)25)18-27-16-14-12-10-8-6-4-2/h22-25H,3-20H2,1-2H3. The van der Waals surface area contributed by atoms with Crippen molar-refractivity contribution < 1.29 is 38.1 Å². The largest absolute Gasteiger partial charge is 0.381 e. The highest BCUT2D eigenvalue weighted by atomic mass is 31.2. The van der Waals surface area contributed by atoms with Crippen molar-refractivity contribution >= 4 is 17.2 Å². The highest BCUT2D eigenvalue weighted by molar-refractivity contribution is 7.39. The first-order chi connectivity index (χ1) is 15.0. The van der Waals surface area contributed by atoms with Crippen LogP contribution in [0.25, 0.3) is 0 Å². The summed E-state index contributed by atoms with van der Waals surface area (Å²) in [6.45, 7) is 5.82. The monoisotopic (exact) mass is 488 g/mol. The second-order valence-corrected chi connectivity index (χ2v) is 9.72. The van der Waals surface area contributed by atoms with Crippen LogP contribution in [-0.2, 0) is 18.5 Å². The lowest BCUT2D eigenvalue weighted by Gasteiger charge is -2.32. The summed E-state index contributed by atoms with van der Waals surface area (Å²) in [4.78, 5) is 36.8. The molecule has 10 heteroatoms. The summed E-state index contributed by atoms with van der Waals surface area (Å²) in [7, 11) is -5.08. The first-order valence-corrected chi connectivity index (χ1v) is 14.1. The Labute approximate surface area is 191 Å². The van der Waals surface area contributed by atoms with Crippen LogP contribution in [0.3, 0.4) is 0 Å². The second kappa shape index (κ2) is 22.3.